The molecule has 3 aromatic rings. The minimum absolute atomic E-state index is 0.147. The van der Waals surface area contributed by atoms with Crippen LogP contribution in [0.25, 0.3) is 10.8 Å². The van der Waals surface area contributed by atoms with Gasteiger partial charge in [-0.15, -0.1) is 0 Å². The van der Waals surface area contributed by atoms with Crippen molar-refractivity contribution in [3.8, 4) is 5.75 Å². The molecule has 0 aliphatic carbocycles. The van der Waals surface area contributed by atoms with E-state index in [0.29, 0.717) is 18.8 Å². The highest BCUT2D eigenvalue weighted by Gasteiger charge is 2.26. The van der Waals surface area contributed by atoms with E-state index in [-0.39, 0.29) is 18.4 Å². The lowest BCUT2D eigenvalue weighted by Crippen LogP contribution is -2.49. The van der Waals surface area contributed by atoms with E-state index in [2.05, 4.69) is 21.2 Å². The lowest BCUT2D eigenvalue weighted by molar-refractivity contribution is -0.142. The number of nitrogens with zero attached hydrogens (tertiary/aromatic N) is 1. The molecule has 0 bridgehead atoms. The largest absolute Gasteiger partial charge is 0.483 e. The van der Waals surface area contributed by atoms with Crippen LogP contribution in [0, 0.1) is 0 Å². The average Bonchev–Trinajstić information content (AvgIpc) is 2.75. The van der Waals surface area contributed by atoms with Crippen LogP contribution in [-0.2, 0) is 16.1 Å². The van der Waals surface area contributed by atoms with Crippen molar-refractivity contribution in [1.82, 2.24) is 10.2 Å². The van der Waals surface area contributed by atoms with Crippen molar-refractivity contribution in [2.24, 2.45) is 0 Å². The molecule has 0 aliphatic rings. The molecule has 0 aliphatic heterocycles. The zero-order valence-electron chi connectivity index (χ0n) is 17.1. The highest BCUT2D eigenvalue weighted by atomic mass is 79.9. The van der Waals surface area contributed by atoms with Gasteiger partial charge >= 0.3 is 0 Å². The second-order valence-corrected chi connectivity index (χ2v) is 7.90. The molecule has 0 saturated heterocycles. The van der Waals surface area contributed by atoms with Crippen LogP contribution in [0.5, 0.6) is 5.75 Å². The van der Waals surface area contributed by atoms with Crippen molar-refractivity contribution >= 4 is 38.5 Å². The van der Waals surface area contributed by atoms with Crippen LogP contribution in [0.1, 0.15) is 19.4 Å². The predicted octanol–water partition coefficient (Wildman–Crippen LogP) is 4.53. The topological polar surface area (TPSA) is 58.6 Å². The molecule has 5 nitrogen and oxygen atoms in total. The lowest BCUT2D eigenvalue weighted by atomic mass is 10.1. The molecule has 0 radical (unpaired) electrons. The molecule has 3 aromatic carbocycles. The summed E-state index contributed by atoms with van der Waals surface area (Å²) in [5.41, 5.74) is 0.930. The standard InChI is InChI=1S/C24H25BrN2O3/c1-3-26-24(29)17(2)27(15-18-8-6-11-20(25)14-18)23(28)16-30-22-13-7-10-19-9-4-5-12-21(19)22/h4-14,17H,3,15-16H2,1-2H3,(H,26,29)/t17-/m0/s1. The minimum Gasteiger partial charge on any atom is -0.483 e. The molecule has 1 N–H and O–H groups in total. The highest BCUT2D eigenvalue weighted by Crippen LogP contribution is 2.25. The Morgan fingerprint density at radius 2 is 1.80 bits per heavy atom. The molecule has 6 heteroatoms. The van der Waals surface area contributed by atoms with E-state index in [9.17, 15) is 9.59 Å². The summed E-state index contributed by atoms with van der Waals surface area (Å²) in [6.07, 6.45) is 0. The first kappa shape index (κ1) is 21.8. The van der Waals surface area contributed by atoms with Crippen molar-refractivity contribution in [3.63, 3.8) is 0 Å². The van der Waals surface area contributed by atoms with Crippen molar-refractivity contribution in [3.05, 3.63) is 76.8 Å². The van der Waals surface area contributed by atoms with Crippen LogP contribution < -0.4 is 10.1 Å². The number of ether oxygens (including phenoxy) is 1. The molecule has 0 fully saturated rings. The van der Waals surface area contributed by atoms with Crippen LogP contribution in [0.2, 0.25) is 0 Å². The van der Waals surface area contributed by atoms with Crippen LogP contribution in [0.15, 0.2) is 71.2 Å². The molecule has 3 rings (SSSR count). The zero-order chi connectivity index (χ0) is 21.5. The number of fused-ring (bicyclic) bond motifs is 1. The summed E-state index contributed by atoms with van der Waals surface area (Å²) in [7, 11) is 0. The number of carbonyl (C=O) groups is 2. The van der Waals surface area contributed by atoms with Gasteiger partial charge in [0.15, 0.2) is 6.61 Å². The molecule has 2 amide bonds. The molecule has 0 aromatic heterocycles. The Hall–Kier alpha value is -2.86. The number of hydrogen-bond donors (Lipinski definition) is 1. The number of likely N-dealkylation sites (N-methyl/N-ethyl adjacent to an activating group) is 1. The van der Waals surface area contributed by atoms with Crippen molar-refractivity contribution in [1.29, 1.82) is 0 Å². The fraction of sp³-hybridized carbons (Fsp3) is 0.250. The van der Waals surface area contributed by atoms with Gasteiger partial charge in [-0.25, -0.2) is 0 Å². The van der Waals surface area contributed by atoms with Gasteiger partial charge in [0.2, 0.25) is 5.91 Å². The first-order chi connectivity index (χ1) is 14.5. The van der Waals surface area contributed by atoms with Gasteiger partial charge in [-0.2, -0.15) is 0 Å². The molecular formula is C24H25BrN2O3. The number of nitrogens with one attached hydrogen (secondary N) is 1. The maximum atomic E-state index is 13.1. The summed E-state index contributed by atoms with van der Waals surface area (Å²) in [5.74, 6) is 0.210. The van der Waals surface area contributed by atoms with Gasteiger partial charge in [0.05, 0.1) is 0 Å². The minimum atomic E-state index is -0.618. The molecule has 156 valence electrons. The van der Waals surface area contributed by atoms with E-state index >= 15 is 0 Å². The Bertz CT molecular complexity index is 1030. The number of hydrogen-bond acceptors (Lipinski definition) is 3. The fourth-order valence-electron chi connectivity index (χ4n) is 3.28. The maximum Gasteiger partial charge on any atom is 0.261 e. The van der Waals surface area contributed by atoms with E-state index < -0.39 is 6.04 Å². The SMILES string of the molecule is CCNC(=O)[C@H](C)N(Cc1cccc(Br)c1)C(=O)COc1cccc2ccccc12. The summed E-state index contributed by atoms with van der Waals surface area (Å²) in [4.78, 5) is 27.1. The van der Waals surface area contributed by atoms with Gasteiger partial charge in [0.25, 0.3) is 5.91 Å². The number of carbonyl (C=O) groups excluding carboxylic acids is 2. The highest BCUT2D eigenvalue weighted by molar-refractivity contribution is 9.10. The molecule has 0 spiro atoms. The first-order valence-corrected chi connectivity index (χ1v) is 10.7. The summed E-state index contributed by atoms with van der Waals surface area (Å²) in [5, 5.41) is 4.79. The normalized spacial score (nSPS) is 11.7. The quantitative estimate of drug-likeness (QED) is 0.527. The van der Waals surface area contributed by atoms with Crippen molar-refractivity contribution in [2.45, 2.75) is 26.4 Å². The van der Waals surface area contributed by atoms with Gasteiger partial charge in [-0.1, -0.05) is 64.5 Å². The summed E-state index contributed by atoms with van der Waals surface area (Å²) in [6, 6.07) is 20.7. The van der Waals surface area contributed by atoms with Gasteiger partial charge in [0, 0.05) is 22.9 Å². The molecule has 0 saturated carbocycles. The Kier molecular flexibility index (Phi) is 7.46. The van der Waals surface area contributed by atoms with E-state index in [1.807, 2.05) is 73.7 Å². The zero-order valence-corrected chi connectivity index (χ0v) is 18.7. The van der Waals surface area contributed by atoms with Crippen LogP contribution in [0.4, 0.5) is 0 Å². The Morgan fingerprint density at radius 3 is 2.57 bits per heavy atom. The van der Waals surface area contributed by atoms with E-state index in [1.165, 1.54) is 0 Å². The molecular weight excluding hydrogens is 444 g/mol. The Morgan fingerprint density at radius 1 is 1.07 bits per heavy atom. The smallest absolute Gasteiger partial charge is 0.261 e. The van der Waals surface area contributed by atoms with Gasteiger partial charge in [-0.3, -0.25) is 9.59 Å². The average molecular weight is 469 g/mol. The monoisotopic (exact) mass is 468 g/mol. The number of benzene rings is 3. The van der Waals surface area contributed by atoms with E-state index in [1.54, 1.807) is 11.8 Å². The summed E-state index contributed by atoms with van der Waals surface area (Å²) < 4.78 is 6.80. The Labute approximate surface area is 185 Å². The van der Waals surface area contributed by atoms with E-state index in [4.69, 9.17) is 4.74 Å². The van der Waals surface area contributed by atoms with Crippen molar-refractivity contribution < 1.29 is 14.3 Å². The number of rotatable bonds is 8. The number of amides is 2. The van der Waals surface area contributed by atoms with Crippen LogP contribution >= 0.6 is 15.9 Å². The maximum absolute atomic E-state index is 13.1. The van der Waals surface area contributed by atoms with Gasteiger partial charge in [-0.05, 0) is 43.0 Å². The third-order valence-electron chi connectivity index (χ3n) is 4.86. The Balaban J connectivity index is 1.79. The summed E-state index contributed by atoms with van der Waals surface area (Å²) >= 11 is 3.46. The van der Waals surface area contributed by atoms with Crippen molar-refractivity contribution in [2.75, 3.05) is 13.2 Å². The first-order valence-electron chi connectivity index (χ1n) is 9.91. The summed E-state index contributed by atoms with van der Waals surface area (Å²) in [6.45, 7) is 4.27. The third kappa shape index (κ3) is 5.39. The molecule has 0 heterocycles. The number of halogens is 1. The lowest BCUT2D eigenvalue weighted by Gasteiger charge is -2.28. The molecule has 30 heavy (non-hydrogen) atoms. The molecule has 1 atom stereocenters. The van der Waals surface area contributed by atoms with Gasteiger partial charge < -0.3 is 15.0 Å². The predicted molar refractivity (Wildman–Crippen MR) is 122 cm³/mol. The fourth-order valence-corrected chi connectivity index (χ4v) is 3.73. The van der Waals surface area contributed by atoms with Gasteiger partial charge in [0.1, 0.15) is 11.8 Å². The van der Waals surface area contributed by atoms with Crippen LogP contribution in [-0.4, -0.2) is 35.9 Å². The second kappa shape index (κ2) is 10.3. The van der Waals surface area contributed by atoms with Crippen LogP contribution in [0.3, 0.4) is 0 Å². The second-order valence-electron chi connectivity index (χ2n) is 6.99. The third-order valence-corrected chi connectivity index (χ3v) is 5.35. The molecule has 0 unspecified atom stereocenters. The van der Waals surface area contributed by atoms with E-state index in [0.717, 1.165) is 20.8 Å².